The van der Waals surface area contributed by atoms with E-state index < -0.39 is 0 Å². The summed E-state index contributed by atoms with van der Waals surface area (Å²) in [5.74, 6) is 0.322. The van der Waals surface area contributed by atoms with Crippen molar-refractivity contribution in [3.63, 3.8) is 0 Å². The molecule has 3 rings (SSSR count). The molecule has 5 nitrogen and oxygen atoms in total. The number of halogens is 1. The monoisotopic (exact) mass is 318 g/mol. The number of carbonyl (C=O) groups is 1. The zero-order chi connectivity index (χ0) is 15.5. The van der Waals surface area contributed by atoms with Crippen molar-refractivity contribution in [2.75, 3.05) is 13.1 Å². The molecule has 1 aliphatic rings. The van der Waals surface area contributed by atoms with Crippen molar-refractivity contribution < 1.29 is 4.79 Å². The number of aromatic amines is 1. The average molecular weight is 319 g/mol. The van der Waals surface area contributed by atoms with E-state index in [1.54, 1.807) is 6.07 Å². The Labute approximate surface area is 134 Å². The van der Waals surface area contributed by atoms with Crippen molar-refractivity contribution in [3.8, 4) is 11.3 Å². The van der Waals surface area contributed by atoms with Crippen LogP contribution in [0.2, 0.25) is 5.02 Å². The first-order valence-electron chi connectivity index (χ1n) is 7.46. The molecule has 2 aromatic rings. The Morgan fingerprint density at radius 3 is 2.86 bits per heavy atom. The normalized spacial score (nSPS) is 21.5. The van der Waals surface area contributed by atoms with Crippen LogP contribution in [0.5, 0.6) is 0 Å². The highest BCUT2D eigenvalue weighted by molar-refractivity contribution is 6.30. The highest BCUT2D eigenvalue weighted by Gasteiger charge is 2.23. The van der Waals surface area contributed by atoms with Crippen molar-refractivity contribution in [1.82, 2.24) is 20.8 Å². The third kappa shape index (κ3) is 3.31. The molecule has 0 aliphatic carbocycles. The summed E-state index contributed by atoms with van der Waals surface area (Å²) < 4.78 is 0. The Morgan fingerprint density at radius 2 is 2.14 bits per heavy atom. The van der Waals surface area contributed by atoms with Gasteiger partial charge >= 0.3 is 0 Å². The Hall–Kier alpha value is -1.85. The van der Waals surface area contributed by atoms with E-state index >= 15 is 0 Å². The first-order chi connectivity index (χ1) is 10.6. The molecule has 3 N–H and O–H groups in total. The molecule has 2 heterocycles. The molecule has 2 unspecified atom stereocenters. The lowest BCUT2D eigenvalue weighted by atomic mass is 9.95. The van der Waals surface area contributed by atoms with Crippen LogP contribution < -0.4 is 10.6 Å². The van der Waals surface area contributed by atoms with Crippen LogP contribution in [0.15, 0.2) is 30.3 Å². The molecule has 1 fully saturated rings. The lowest BCUT2D eigenvalue weighted by Crippen LogP contribution is -2.48. The number of amides is 1. The number of aromatic nitrogens is 2. The molecule has 116 valence electrons. The van der Waals surface area contributed by atoms with Crippen LogP contribution >= 0.6 is 11.6 Å². The molecule has 1 saturated heterocycles. The maximum absolute atomic E-state index is 12.3. The Balaban J connectivity index is 1.70. The lowest BCUT2D eigenvalue weighted by Gasteiger charge is -2.29. The van der Waals surface area contributed by atoms with E-state index in [2.05, 4.69) is 27.8 Å². The Kier molecular flexibility index (Phi) is 4.45. The van der Waals surface area contributed by atoms with Gasteiger partial charge in [0.15, 0.2) is 0 Å². The molecular formula is C16H19ClN4O. The van der Waals surface area contributed by atoms with Crippen LogP contribution in [-0.4, -0.2) is 35.2 Å². The standard InChI is InChI=1S/C16H19ClN4O/c1-10-9-18-7-6-13(10)19-16(22)15-8-14(20-21-15)11-2-4-12(17)5-3-11/h2-5,8,10,13,18H,6-7,9H2,1H3,(H,19,22)(H,20,21). The number of hydrogen-bond donors (Lipinski definition) is 3. The maximum Gasteiger partial charge on any atom is 0.269 e. The number of rotatable bonds is 3. The van der Waals surface area contributed by atoms with E-state index in [4.69, 9.17) is 11.6 Å². The molecule has 1 aliphatic heterocycles. The van der Waals surface area contributed by atoms with Gasteiger partial charge in [-0.1, -0.05) is 30.7 Å². The summed E-state index contributed by atoms with van der Waals surface area (Å²) in [5.41, 5.74) is 2.14. The molecule has 22 heavy (non-hydrogen) atoms. The van der Waals surface area contributed by atoms with E-state index in [-0.39, 0.29) is 11.9 Å². The Morgan fingerprint density at radius 1 is 1.36 bits per heavy atom. The minimum absolute atomic E-state index is 0.105. The van der Waals surface area contributed by atoms with E-state index in [9.17, 15) is 4.79 Å². The molecule has 1 aromatic carbocycles. The number of H-pyrrole nitrogens is 1. The van der Waals surface area contributed by atoms with Crippen molar-refractivity contribution in [2.24, 2.45) is 5.92 Å². The largest absolute Gasteiger partial charge is 0.348 e. The zero-order valence-corrected chi connectivity index (χ0v) is 13.2. The summed E-state index contributed by atoms with van der Waals surface area (Å²) in [7, 11) is 0. The maximum atomic E-state index is 12.3. The van der Waals surface area contributed by atoms with Crippen molar-refractivity contribution in [2.45, 2.75) is 19.4 Å². The summed E-state index contributed by atoms with van der Waals surface area (Å²) in [4.78, 5) is 12.3. The highest BCUT2D eigenvalue weighted by Crippen LogP contribution is 2.20. The predicted molar refractivity (Wildman–Crippen MR) is 86.9 cm³/mol. The second-order valence-electron chi connectivity index (χ2n) is 5.72. The van der Waals surface area contributed by atoms with Gasteiger partial charge in [0, 0.05) is 16.6 Å². The van der Waals surface area contributed by atoms with Gasteiger partial charge < -0.3 is 10.6 Å². The van der Waals surface area contributed by atoms with E-state index in [0.29, 0.717) is 16.6 Å². The fraction of sp³-hybridized carbons (Fsp3) is 0.375. The van der Waals surface area contributed by atoms with Crippen LogP contribution in [0.1, 0.15) is 23.8 Å². The van der Waals surface area contributed by atoms with E-state index in [1.807, 2.05) is 24.3 Å². The number of nitrogens with one attached hydrogen (secondary N) is 3. The number of piperidine rings is 1. The molecule has 0 bridgehead atoms. The van der Waals surface area contributed by atoms with Gasteiger partial charge in [0.05, 0.1) is 5.69 Å². The molecule has 1 amide bonds. The quantitative estimate of drug-likeness (QED) is 0.814. The van der Waals surface area contributed by atoms with Crippen LogP contribution in [0.25, 0.3) is 11.3 Å². The first-order valence-corrected chi connectivity index (χ1v) is 7.84. The van der Waals surface area contributed by atoms with Gasteiger partial charge in [-0.05, 0) is 43.6 Å². The van der Waals surface area contributed by atoms with Gasteiger partial charge in [0.2, 0.25) is 0 Å². The fourth-order valence-corrected chi connectivity index (χ4v) is 2.81. The van der Waals surface area contributed by atoms with Crippen LogP contribution in [0.3, 0.4) is 0 Å². The third-order valence-corrected chi connectivity index (χ3v) is 4.32. The molecule has 0 saturated carbocycles. The van der Waals surface area contributed by atoms with Gasteiger partial charge in [-0.25, -0.2) is 0 Å². The molecule has 1 aromatic heterocycles. The second-order valence-corrected chi connectivity index (χ2v) is 6.16. The smallest absolute Gasteiger partial charge is 0.269 e. The topological polar surface area (TPSA) is 69.8 Å². The van der Waals surface area contributed by atoms with Gasteiger partial charge in [0.25, 0.3) is 5.91 Å². The molecule has 0 radical (unpaired) electrons. The van der Waals surface area contributed by atoms with Gasteiger partial charge in [-0.2, -0.15) is 5.10 Å². The average Bonchev–Trinajstić information content (AvgIpc) is 3.00. The Bertz CT molecular complexity index is 652. The minimum Gasteiger partial charge on any atom is -0.348 e. The zero-order valence-electron chi connectivity index (χ0n) is 12.4. The third-order valence-electron chi connectivity index (χ3n) is 4.06. The summed E-state index contributed by atoms with van der Waals surface area (Å²) >= 11 is 5.88. The molecule has 2 atom stereocenters. The van der Waals surface area contributed by atoms with Gasteiger partial charge in [-0.3, -0.25) is 9.89 Å². The van der Waals surface area contributed by atoms with Crippen LogP contribution in [0.4, 0.5) is 0 Å². The fourth-order valence-electron chi connectivity index (χ4n) is 2.68. The molecule has 0 spiro atoms. The number of benzene rings is 1. The van der Waals surface area contributed by atoms with Crippen molar-refractivity contribution in [3.05, 3.63) is 41.0 Å². The van der Waals surface area contributed by atoms with Crippen LogP contribution in [0, 0.1) is 5.92 Å². The number of hydrogen-bond acceptors (Lipinski definition) is 3. The van der Waals surface area contributed by atoms with Crippen molar-refractivity contribution in [1.29, 1.82) is 0 Å². The summed E-state index contributed by atoms with van der Waals surface area (Å²) in [6.07, 6.45) is 0.949. The van der Waals surface area contributed by atoms with Gasteiger partial charge in [-0.15, -0.1) is 0 Å². The summed E-state index contributed by atoms with van der Waals surface area (Å²) in [5, 5.41) is 14.1. The van der Waals surface area contributed by atoms with Crippen LogP contribution in [-0.2, 0) is 0 Å². The second kappa shape index (κ2) is 6.50. The minimum atomic E-state index is -0.105. The SMILES string of the molecule is CC1CNCCC1NC(=O)c1cc(-c2ccc(Cl)cc2)n[nH]1. The molecular weight excluding hydrogens is 300 g/mol. The van der Waals surface area contributed by atoms with Gasteiger partial charge in [0.1, 0.15) is 5.69 Å². The highest BCUT2D eigenvalue weighted by atomic mass is 35.5. The number of nitrogens with zero attached hydrogens (tertiary/aromatic N) is 1. The first kappa shape index (κ1) is 15.1. The molecule has 6 heteroatoms. The lowest BCUT2D eigenvalue weighted by molar-refractivity contribution is 0.0909. The summed E-state index contributed by atoms with van der Waals surface area (Å²) in [6, 6.07) is 9.36. The van der Waals surface area contributed by atoms with Crippen molar-refractivity contribution >= 4 is 17.5 Å². The summed E-state index contributed by atoms with van der Waals surface area (Å²) in [6.45, 7) is 4.02. The van der Waals surface area contributed by atoms with E-state index in [1.165, 1.54) is 0 Å². The predicted octanol–water partition coefficient (Wildman–Crippen LogP) is 2.46. The van der Waals surface area contributed by atoms with E-state index in [0.717, 1.165) is 30.8 Å². The number of carbonyl (C=O) groups excluding carboxylic acids is 1.